The number of imidazole rings is 1. The van der Waals surface area contributed by atoms with Gasteiger partial charge in [-0.05, 0) is 18.6 Å². The van der Waals surface area contributed by atoms with Crippen molar-refractivity contribution in [2.45, 2.75) is 25.4 Å². The summed E-state index contributed by atoms with van der Waals surface area (Å²) in [4.78, 5) is 8.51. The van der Waals surface area contributed by atoms with Crippen LogP contribution in [0.5, 0.6) is 0 Å². The number of hydrogen-bond acceptors (Lipinski definition) is 3. The van der Waals surface area contributed by atoms with Crippen molar-refractivity contribution in [1.29, 1.82) is 0 Å². The smallest absolute Gasteiger partial charge is 0.0956 e. The molecule has 2 aromatic rings. The van der Waals surface area contributed by atoms with Crippen LogP contribution >= 0.6 is 0 Å². The summed E-state index contributed by atoms with van der Waals surface area (Å²) in [5, 5.41) is 0. The van der Waals surface area contributed by atoms with Crippen molar-refractivity contribution in [2.75, 3.05) is 0 Å². The van der Waals surface area contributed by atoms with Crippen LogP contribution in [0, 0.1) is 0 Å². The maximum absolute atomic E-state index is 6.00. The Bertz CT molecular complexity index is 489. The topological polar surface area (TPSA) is 56.7 Å². The van der Waals surface area contributed by atoms with E-state index in [9.17, 15) is 0 Å². The summed E-state index contributed by atoms with van der Waals surface area (Å²) in [6.45, 7) is 0.981. The summed E-state index contributed by atoms with van der Waals surface area (Å²) >= 11 is 0. The van der Waals surface area contributed by atoms with E-state index in [1.165, 1.54) is 5.69 Å². The first-order valence-corrected chi connectivity index (χ1v) is 5.54. The van der Waals surface area contributed by atoms with Gasteiger partial charge in [-0.25, -0.2) is 4.98 Å². The van der Waals surface area contributed by atoms with Crippen molar-refractivity contribution < 1.29 is 0 Å². The maximum atomic E-state index is 6.00. The lowest BCUT2D eigenvalue weighted by Gasteiger charge is -2.21. The molecule has 3 heterocycles. The summed E-state index contributed by atoms with van der Waals surface area (Å²) in [5.74, 6) is 0. The highest BCUT2D eigenvalue weighted by Gasteiger charge is 2.20. The van der Waals surface area contributed by atoms with Crippen LogP contribution in [0.15, 0.2) is 30.9 Å². The first-order valence-electron chi connectivity index (χ1n) is 5.54. The Morgan fingerprint density at radius 3 is 2.94 bits per heavy atom. The number of aromatic nitrogens is 3. The van der Waals surface area contributed by atoms with Crippen LogP contribution in [0.3, 0.4) is 0 Å². The fourth-order valence-electron chi connectivity index (χ4n) is 2.22. The van der Waals surface area contributed by atoms with Gasteiger partial charge in [-0.1, -0.05) is 0 Å². The first kappa shape index (κ1) is 9.54. The molecule has 2 N–H and O–H groups in total. The van der Waals surface area contributed by atoms with E-state index in [1.54, 1.807) is 12.4 Å². The van der Waals surface area contributed by atoms with E-state index >= 15 is 0 Å². The zero-order chi connectivity index (χ0) is 11.0. The number of nitrogens with two attached hydrogens (primary N) is 1. The standard InChI is InChI=1S/C12H14N4/c13-10-3-6-16-8-15-12(11(16)7-10)9-1-4-14-5-2-9/h1-2,4-5,8,10H,3,6-7,13H2. The molecule has 0 fully saturated rings. The first-order chi connectivity index (χ1) is 7.84. The minimum atomic E-state index is 0.268. The Hall–Kier alpha value is -1.68. The average molecular weight is 214 g/mol. The zero-order valence-electron chi connectivity index (χ0n) is 9.00. The number of rotatable bonds is 1. The summed E-state index contributed by atoms with van der Waals surface area (Å²) in [7, 11) is 0. The molecule has 2 aromatic heterocycles. The summed E-state index contributed by atoms with van der Waals surface area (Å²) in [6, 6.07) is 4.25. The van der Waals surface area contributed by atoms with Crippen LogP contribution in [-0.4, -0.2) is 20.6 Å². The van der Waals surface area contributed by atoms with Crippen molar-refractivity contribution in [3.8, 4) is 11.3 Å². The van der Waals surface area contributed by atoms with E-state index in [0.29, 0.717) is 0 Å². The van der Waals surface area contributed by atoms with Gasteiger partial charge < -0.3 is 10.3 Å². The molecule has 1 aliphatic heterocycles. The fraction of sp³-hybridized carbons (Fsp3) is 0.333. The molecule has 1 unspecified atom stereocenters. The minimum absolute atomic E-state index is 0.268. The highest BCUT2D eigenvalue weighted by molar-refractivity contribution is 5.61. The van der Waals surface area contributed by atoms with Gasteiger partial charge in [0.25, 0.3) is 0 Å². The summed E-state index contributed by atoms with van der Waals surface area (Å²) in [6.07, 6.45) is 7.46. The van der Waals surface area contributed by atoms with Crippen LogP contribution < -0.4 is 5.73 Å². The van der Waals surface area contributed by atoms with Gasteiger partial charge in [0.1, 0.15) is 0 Å². The Balaban J connectivity index is 2.07. The molecule has 0 amide bonds. The second kappa shape index (κ2) is 3.72. The van der Waals surface area contributed by atoms with Gasteiger partial charge in [0.15, 0.2) is 0 Å². The van der Waals surface area contributed by atoms with E-state index in [4.69, 9.17) is 5.73 Å². The average Bonchev–Trinajstić information content (AvgIpc) is 2.73. The number of nitrogens with zero attached hydrogens (tertiary/aromatic N) is 3. The molecule has 1 atom stereocenters. The molecule has 16 heavy (non-hydrogen) atoms. The van der Waals surface area contributed by atoms with Crippen molar-refractivity contribution in [3.05, 3.63) is 36.5 Å². The van der Waals surface area contributed by atoms with E-state index in [-0.39, 0.29) is 6.04 Å². The molecule has 0 aliphatic carbocycles. The zero-order valence-corrected chi connectivity index (χ0v) is 9.00. The molecule has 82 valence electrons. The SMILES string of the molecule is NC1CCn2cnc(-c3ccncc3)c2C1. The predicted octanol–water partition coefficient (Wildman–Crippen LogP) is 1.22. The van der Waals surface area contributed by atoms with Crippen LogP contribution in [0.2, 0.25) is 0 Å². The Labute approximate surface area is 94.1 Å². The van der Waals surface area contributed by atoms with Crippen molar-refractivity contribution in [3.63, 3.8) is 0 Å². The molecule has 3 rings (SSSR count). The van der Waals surface area contributed by atoms with Gasteiger partial charge in [0.2, 0.25) is 0 Å². The Morgan fingerprint density at radius 1 is 1.31 bits per heavy atom. The number of pyridine rings is 1. The van der Waals surface area contributed by atoms with Gasteiger partial charge in [0, 0.05) is 42.7 Å². The molecular weight excluding hydrogens is 200 g/mol. The van der Waals surface area contributed by atoms with Crippen LogP contribution in [0.4, 0.5) is 0 Å². The van der Waals surface area contributed by atoms with Crippen LogP contribution in [0.25, 0.3) is 11.3 Å². The molecule has 4 nitrogen and oxygen atoms in total. The fourth-order valence-corrected chi connectivity index (χ4v) is 2.22. The normalized spacial score (nSPS) is 19.4. The Morgan fingerprint density at radius 2 is 2.12 bits per heavy atom. The molecule has 4 heteroatoms. The summed E-state index contributed by atoms with van der Waals surface area (Å²) in [5.41, 5.74) is 9.43. The van der Waals surface area contributed by atoms with Crippen molar-refractivity contribution >= 4 is 0 Å². The summed E-state index contributed by atoms with van der Waals surface area (Å²) < 4.78 is 2.21. The predicted molar refractivity (Wildman–Crippen MR) is 61.8 cm³/mol. The largest absolute Gasteiger partial charge is 0.334 e. The number of aryl methyl sites for hydroxylation is 1. The second-order valence-electron chi connectivity index (χ2n) is 4.22. The second-order valence-corrected chi connectivity index (χ2v) is 4.22. The number of fused-ring (bicyclic) bond motifs is 1. The van der Waals surface area contributed by atoms with Gasteiger partial charge in [-0.2, -0.15) is 0 Å². The molecule has 0 bridgehead atoms. The lowest BCUT2D eigenvalue weighted by atomic mass is 10.0. The third-order valence-electron chi connectivity index (χ3n) is 3.10. The van der Waals surface area contributed by atoms with Crippen molar-refractivity contribution in [1.82, 2.24) is 14.5 Å². The van der Waals surface area contributed by atoms with Crippen LogP contribution in [0.1, 0.15) is 12.1 Å². The van der Waals surface area contributed by atoms with Crippen molar-refractivity contribution in [2.24, 2.45) is 5.73 Å². The monoisotopic (exact) mass is 214 g/mol. The quantitative estimate of drug-likeness (QED) is 0.776. The van der Waals surface area contributed by atoms with Gasteiger partial charge >= 0.3 is 0 Å². The van der Waals surface area contributed by atoms with Gasteiger partial charge in [-0.15, -0.1) is 0 Å². The lowest BCUT2D eigenvalue weighted by molar-refractivity contribution is 0.472. The molecular formula is C12H14N4. The minimum Gasteiger partial charge on any atom is -0.334 e. The highest BCUT2D eigenvalue weighted by Crippen LogP contribution is 2.25. The molecule has 0 spiro atoms. The molecule has 0 saturated heterocycles. The molecule has 0 radical (unpaired) electrons. The highest BCUT2D eigenvalue weighted by atomic mass is 15.1. The third-order valence-corrected chi connectivity index (χ3v) is 3.10. The Kier molecular flexibility index (Phi) is 2.22. The maximum Gasteiger partial charge on any atom is 0.0956 e. The van der Waals surface area contributed by atoms with Gasteiger partial charge in [0.05, 0.1) is 12.0 Å². The lowest BCUT2D eigenvalue weighted by Crippen LogP contribution is -2.30. The molecule has 1 aliphatic rings. The van der Waals surface area contributed by atoms with E-state index < -0.39 is 0 Å². The van der Waals surface area contributed by atoms with E-state index in [2.05, 4.69) is 14.5 Å². The molecule has 0 saturated carbocycles. The van der Waals surface area contributed by atoms with Crippen LogP contribution in [-0.2, 0) is 13.0 Å². The molecule has 0 aromatic carbocycles. The van der Waals surface area contributed by atoms with E-state index in [0.717, 1.165) is 30.6 Å². The third kappa shape index (κ3) is 1.51. The number of hydrogen-bond donors (Lipinski definition) is 1. The van der Waals surface area contributed by atoms with E-state index in [1.807, 2.05) is 18.5 Å². The van der Waals surface area contributed by atoms with Gasteiger partial charge in [-0.3, -0.25) is 4.98 Å².